The molecule has 0 heterocycles. The van der Waals surface area contributed by atoms with Crippen molar-refractivity contribution in [1.82, 2.24) is 0 Å². The highest BCUT2D eigenvalue weighted by Crippen LogP contribution is 2.24. The van der Waals surface area contributed by atoms with E-state index >= 15 is 0 Å². The van der Waals surface area contributed by atoms with E-state index in [1.807, 2.05) is 0 Å². The molecule has 2 N–H and O–H groups in total. The van der Waals surface area contributed by atoms with Gasteiger partial charge in [0.05, 0.1) is 0 Å². The molecule has 15 heavy (non-hydrogen) atoms. The van der Waals surface area contributed by atoms with Gasteiger partial charge >= 0.3 is 0 Å². The van der Waals surface area contributed by atoms with Crippen LogP contribution in [0.2, 0.25) is 0 Å². The predicted octanol–water partition coefficient (Wildman–Crippen LogP) is 2.80. The van der Waals surface area contributed by atoms with Crippen LogP contribution < -0.4 is 10.6 Å². The molecule has 3 heteroatoms. The second-order valence-electron chi connectivity index (χ2n) is 3.48. The van der Waals surface area contributed by atoms with E-state index in [4.69, 9.17) is 5.73 Å². The van der Waals surface area contributed by atoms with E-state index in [9.17, 15) is 0 Å². The van der Waals surface area contributed by atoms with Crippen LogP contribution in [0.5, 0.6) is 0 Å². The molecule has 0 spiro atoms. The summed E-state index contributed by atoms with van der Waals surface area (Å²) < 4.78 is 1.13. The molecule has 0 aromatic heterocycles. The third-order valence-electron chi connectivity index (χ3n) is 2.56. The van der Waals surface area contributed by atoms with Gasteiger partial charge in [-0.05, 0) is 50.6 Å². The fourth-order valence-corrected chi connectivity index (χ4v) is 2.19. The first-order valence-electron chi connectivity index (χ1n) is 5.46. The van der Waals surface area contributed by atoms with Crippen molar-refractivity contribution in [3.8, 4) is 0 Å². The lowest BCUT2D eigenvalue weighted by molar-refractivity contribution is 0.848. The molecule has 2 nitrogen and oxygen atoms in total. The zero-order valence-corrected chi connectivity index (χ0v) is 11.0. The monoisotopic (exact) mass is 270 g/mol. The zero-order valence-electron chi connectivity index (χ0n) is 9.46. The average Bonchev–Trinajstić information content (AvgIpc) is 2.23. The van der Waals surface area contributed by atoms with E-state index in [-0.39, 0.29) is 0 Å². The Hall–Kier alpha value is -0.540. The molecule has 0 aliphatic rings. The minimum Gasteiger partial charge on any atom is -0.372 e. The molecule has 1 aromatic carbocycles. The van der Waals surface area contributed by atoms with E-state index in [1.165, 1.54) is 11.3 Å². The van der Waals surface area contributed by atoms with Crippen molar-refractivity contribution in [3.05, 3.63) is 28.2 Å². The predicted molar refractivity (Wildman–Crippen MR) is 70.5 cm³/mol. The largest absolute Gasteiger partial charge is 0.372 e. The van der Waals surface area contributed by atoms with Gasteiger partial charge in [0, 0.05) is 23.2 Å². The standard InChI is InChI=1S/C12H19BrN2/c1-3-15(4-2)12-6-5-11(13)9-10(12)7-8-14/h5-6,9H,3-4,7-8,14H2,1-2H3. The lowest BCUT2D eigenvalue weighted by Crippen LogP contribution is -2.23. The molecule has 84 valence electrons. The molecule has 0 saturated heterocycles. The molecule has 0 unspecified atom stereocenters. The minimum absolute atomic E-state index is 0.699. The van der Waals surface area contributed by atoms with Gasteiger partial charge in [-0.3, -0.25) is 0 Å². The molecule has 0 aliphatic carbocycles. The Morgan fingerprint density at radius 2 is 1.93 bits per heavy atom. The molecule has 0 bridgehead atoms. The summed E-state index contributed by atoms with van der Waals surface area (Å²) in [5, 5.41) is 0. The van der Waals surface area contributed by atoms with Crippen molar-refractivity contribution in [3.63, 3.8) is 0 Å². The number of rotatable bonds is 5. The van der Waals surface area contributed by atoms with Gasteiger partial charge in [0.15, 0.2) is 0 Å². The Kier molecular flexibility index (Phi) is 5.12. The fourth-order valence-electron chi connectivity index (χ4n) is 1.78. The van der Waals surface area contributed by atoms with Crippen LogP contribution in [0, 0.1) is 0 Å². The van der Waals surface area contributed by atoms with E-state index in [1.54, 1.807) is 0 Å². The van der Waals surface area contributed by atoms with Crippen molar-refractivity contribution in [2.45, 2.75) is 20.3 Å². The Bertz CT molecular complexity index is 308. The number of anilines is 1. The van der Waals surface area contributed by atoms with E-state index in [0.717, 1.165) is 24.0 Å². The summed E-state index contributed by atoms with van der Waals surface area (Å²) in [7, 11) is 0. The van der Waals surface area contributed by atoms with Crippen LogP contribution in [-0.2, 0) is 6.42 Å². The minimum atomic E-state index is 0.699. The van der Waals surface area contributed by atoms with Gasteiger partial charge in [-0.25, -0.2) is 0 Å². The van der Waals surface area contributed by atoms with Crippen molar-refractivity contribution < 1.29 is 0 Å². The maximum atomic E-state index is 5.63. The molecule has 0 saturated carbocycles. The molecule has 0 aliphatic heterocycles. The highest BCUT2D eigenvalue weighted by molar-refractivity contribution is 9.10. The summed E-state index contributed by atoms with van der Waals surface area (Å²) in [6, 6.07) is 6.43. The number of nitrogens with zero attached hydrogens (tertiary/aromatic N) is 1. The highest BCUT2D eigenvalue weighted by atomic mass is 79.9. The lowest BCUT2D eigenvalue weighted by atomic mass is 10.1. The Balaban J connectivity index is 3.03. The number of nitrogens with two attached hydrogens (primary N) is 1. The van der Waals surface area contributed by atoms with Crippen molar-refractivity contribution in [2.75, 3.05) is 24.5 Å². The number of halogens is 1. The smallest absolute Gasteiger partial charge is 0.0399 e. The summed E-state index contributed by atoms with van der Waals surface area (Å²) in [5.74, 6) is 0. The van der Waals surface area contributed by atoms with Crippen LogP contribution >= 0.6 is 15.9 Å². The van der Waals surface area contributed by atoms with Crippen LogP contribution in [0.1, 0.15) is 19.4 Å². The summed E-state index contributed by atoms with van der Waals surface area (Å²) in [4.78, 5) is 2.36. The third-order valence-corrected chi connectivity index (χ3v) is 3.05. The molecule has 0 radical (unpaired) electrons. The number of hydrogen-bond acceptors (Lipinski definition) is 2. The highest BCUT2D eigenvalue weighted by Gasteiger charge is 2.07. The molecule has 1 aromatic rings. The van der Waals surface area contributed by atoms with Crippen LogP contribution in [0.3, 0.4) is 0 Å². The zero-order chi connectivity index (χ0) is 11.3. The van der Waals surface area contributed by atoms with Crippen LogP contribution in [-0.4, -0.2) is 19.6 Å². The number of hydrogen-bond donors (Lipinski definition) is 1. The summed E-state index contributed by atoms with van der Waals surface area (Å²) in [6.45, 7) is 7.13. The van der Waals surface area contributed by atoms with Crippen LogP contribution in [0.4, 0.5) is 5.69 Å². The van der Waals surface area contributed by atoms with E-state index in [2.05, 4.69) is 52.9 Å². The fraction of sp³-hybridized carbons (Fsp3) is 0.500. The Morgan fingerprint density at radius 1 is 1.27 bits per heavy atom. The maximum absolute atomic E-state index is 5.63. The SMILES string of the molecule is CCN(CC)c1ccc(Br)cc1CCN. The second-order valence-corrected chi connectivity index (χ2v) is 4.40. The topological polar surface area (TPSA) is 29.3 Å². The second kappa shape index (κ2) is 6.13. The van der Waals surface area contributed by atoms with Gasteiger partial charge in [-0.15, -0.1) is 0 Å². The van der Waals surface area contributed by atoms with Crippen molar-refractivity contribution in [1.29, 1.82) is 0 Å². The van der Waals surface area contributed by atoms with Gasteiger partial charge in [0.1, 0.15) is 0 Å². The molecular formula is C12H19BrN2. The van der Waals surface area contributed by atoms with Gasteiger partial charge in [0.25, 0.3) is 0 Å². The Labute approximate surface area is 101 Å². The van der Waals surface area contributed by atoms with E-state index in [0.29, 0.717) is 6.54 Å². The van der Waals surface area contributed by atoms with Gasteiger partial charge in [0.2, 0.25) is 0 Å². The normalized spacial score (nSPS) is 10.4. The van der Waals surface area contributed by atoms with Crippen molar-refractivity contribution in [2.24, 2.45) is 5.73 Å². The summed E-state index contributed by atoms with van der Waals surface area (Å²) in [6.07, 6.45) is 0.936. The summed E-state index contributed by atoms with van der Waals surface area (Å²) in [5.41, 5.74) is 8.27. The molecule has 0 amide bonds. The maximum Gasteiger partial charge on any atom is 0.0399 e. The molecule has 0 fully saturated rings. The average molecular weight is 271 g/mol. The molecule has 1 rings (SSSR count). The first kappa shape index (κ1) is 12.5. The molecule has 0 atom stereocenters. The van der Waals surface area contributed by atoms with E-state index < -0.39 is 0 Å². The van der Waals surface area contributed by atoms with Crippen molar-refractivity contribution >= 4 is 21.6 Å². The quantitative estimate of drug-likeness (QED) is 0.892. The number of benzene rings is 1. The van der Waals surface area contributed by atoms with Crippen LogP contribution in [0.15, 0.2) is 22.7 Å². The molecular weight excluding hydrogens is 252 g/mol. The van der Waals surface area contributed by atoms with Gasteiger partial charge < -0.3 is 10.6 Å². The summed E-state index contributed by atoms with van der Waals surface area (Å²) >= 11 is 3.50. The lowest BCUT2D eigenvalue weighted by Gasteiger charge is -2.24. The van der Waals surface area contributed by atoms with Gasteiger partial charge in [-0.1, -0.05) is 15.9 Å². The van der Waals surface area contributed by atoms with Crippen LogP contribution in [0.25, 0.3) is 0 Å². The first-order valence-corrected chi connectivity index (χ1v) is 6.25. The van der Waals surface area contributed by atoms with Gasteiger partial charge in [-0.2, -0.15) is 0 Å². The third kappa shape index (κ3) is 3.21. The Morgan fingerprint density at radius 3 is 2.47 bits per heavy atom. The first-order chi connectivity index (χ1) is 7.22.